The lowest BCUT2D eigenvalue weighted by Gasteiger charge is -2.71. The van der Waals surface area contributed by atoms with Crippen molar-refractivity contribution in [2.75, 3.05) is 6.54 Å². The van der Waals surface area contributed by atoms with E-state index in [1.165, 1.54) is 5.56 Å². The summed E-state index contributed by atoms with van der Waals surface area (Å²) in [5.74, 6) is 0.578. The molecule has 5 atom stereocenters. The molecule has 0 radical (unpaired) electrons. The number of carbonyl (C=O) groups is 2. The first-order valence-corrected chi connectivity index (χ1v) is 9.72. The summed E-state index contributed by atoms with van der Waals surface area (Å²) in [4.78, 5) is 28.3. The molecule has 2 aromatic rings. The maximum absolute atomic E-state index is 13.4. The van der Waals surface area contributed by atoms with Crippen LogP contribution in [0.2, 0.25) is 0 Å². The fourth-order valence-electron chi connectivity index (χ4n) is 6.56. The monoisotopic (exact) mass is 360 g/mol. The normalized spacial score (nSPS) is 36.6. The lowest BCUT2D eigenvalue weighted by molar-refractivity contribution is -0.182. The molecule has 4 nitrogen and oxygen atoms in total. The molecule has 2 saturated heterocycles. The van der Waals surface area contributed by atoms with E-state index in [0.717, 1.165) is 12.0 Å². The van der Waals surface area contributed by atoms with Crippen molar-refractivity contribution in [3.8, 4) is 0 Å². The molecule has 1 N–H and O–H groups in total. The Hall–Kier alpha value is -2.62. The van der Waals surface area contributed by atoms with E-state index >= 15 is 0 Å². The van der Waals surface area contributed by atoms with Crippen LogP contribution < -0.4 is 5.32 Å². The molecule has 1 aliphatic carbocycles. The summed E-state index contributed by atoms with van der Waals surface area (Å²) < 4.78 is 0. The Morgan fingerprint density at radius 2 is 1.63 bits per heavy atom. The molecular weight excluding hydrogens is 336 g/mol. The number of Topliss-reactive ketones (excluding diaryl/α,β-unsaturated/α-hetero) is 1. The van der Waals surface area contributed by atoms with Gasteiger partial charge < -0.3 is 10.2 Å². The van der Waals surface area contributed by atoms with Gasteiger partial charge >= 0.3 is 6.03 Å². The number of benzene rings is 2. The van der Waals surface area contributed by atoms with Gasteiger partial charge in [-0.3, -0.25) is 4.79 Å². The highest BCUT2D eigenvalue weighted by molar-refractivity contribution is 5.93. The van der Waals surface area contributed by atoms with E-state index in [1.54, 1.807) is 6.92 Å². The summed E-state index contributed by atoms with van der Waals surface area (Å²) in [6.45, 7) is 4.56. The Morgan fingerprint density at radius 1 is 1.04 bits per heavy atom. The standard InChI is InChI=1S/C23H24N2O2/c1-15(26)23-19(16-9-5-3-6-10-16)18-13-14-25(22(18,23)2)21(27)24-20(23)17-11-7-4-8-12-17/h3-12,18-20H,13-14H2,1-2H3,(H,24,27)/t18-,19+,20-,22-,23-/m0/s1. The first-order valence-electron chi connectivity index (χ1n) is 9.72. The van der Waals surface area contributed by atoms with Crippen molar-refractivity contribution in [1.82, 2.24) is 10.2 Å². The van der Waals surface area contributed by atoms with Gasteiger partial charge in [-0.05, 0) is 37.3 Å². The summed E-state index contributed by atoms with van der Waals surface area (Å²) in [6, 6.07) is 20.0. The van der Waals surface area contributed by atoms with Crippen LogP contribution in [0.1, 0.15) is 43.4 Å². The second kappa shape index (κ2) is 5.44. The number of nitrogens with zero attached hydrogens (tertiary/aromatic N) is 1. The van der Waals surface area contributed by atoms with Crippen molar-refractivity contribution in [3.63, 3.8) is 0 Å². The molecule has 0 bridgehead atoms. The third kappa shape index (κ3) is 1.78. The number of urea groups is 1. The summed E-state index contributed by atoms with van der Waals surface area (Å²) in [7, 11) is 0. The molecule has 3 aliphatic rings. The zero-order chi connectivity index (χ0) is 18.8. The highest BCUT2D eigenvalue weighted by Crippen LogP contribution is 2.74. The fraction of sp³-hybridized carbons (Fsp3) is 0.391. The van der Waals surface area contributed by atoms with Crippen LogP contribution in [0.25, 0.3) is 0 Å². The van der Waals surface area contributed by atoms with Crippen LogP contribution in [-0.2, 0) is 4.79 Å². The second-order valence-corrected chi connectivity index (χ2v) is 8.30. The van der Waals surface area contributed by atoms with Gasteiger partial charge in [0.2, 0.25) is 0 Å². The number of carbonyl (C=O) groups excluding carboxylic acids is 2. The van der Waals surface area contributed by atoms with Gasteiger partial charge in [-0.25, -0.2) is 4.79 Å². The zero-order valence-electron chi connectivity index (χ0n) is 15.7. The largest absolute Gasteiger partial charge is 0.330 e. The minimum Gasteiger partial charge on any atom is -0.330 e. The number of rotatable bonds is 3. The van der Waals surface area contributed by atoms with E-state index in [9.17, 15) is 9.59 Å². The van der Waals surface area contributed by atoms with Crippen LogP contribution in [0.4, 0.5) is 4.79 Å². The molecule has 2 aromatic carbocycles. The molecule has 0 unspecified atom stereocenters. The van der Waals surface area contributed by atoms with Crippen molar-refractivity contribution in [1.29, 1.82) is 0 Å². The van der Waals surface area contributed by atoms with Gasteiger partial charge in [-0.15, -0.1) is 0 Å². The van der Waals surface area contributed by atoms with Crippen molar-refractivity contribution in [2.24, 2.45) is 11.3 Å². The first-order chi connectivity index (χ1) is 13.0. The Labute approximate surface area is 159 Å². The highest BCUT2D eigenvalue weighted by atomic mass is 16.2. The predicted molar refractivity (Wildman–Crippen MR) is 103 cm³/mol. The van der Waals surface area contributed by atoms with E-state index in [0.29, 0.717) is 12.5 Å². The summed E-state index contributed by atoms with van der Waals surface area (Å²) in [5, 5.41) is 3.21. The lowest BCUT2D eigenvalue weighted by Crippen LogP contribution is -2.81. The minimum atomic E-state index is -0.662. The van der Waals surface area contributed by atoms with Crippen LogP contribution in [0.15, 0.2) is 60.7 Å². The number of nitrogens with one attached hydrogen (secondary N) is 1. The van der Waals surface area contributed by atoms with Crippen molar-refractivity contribution in [3.05, 3.63) is 71.8 Å². The average Bonchev–Trinajstić information content (AvgIpc) is 3.00. The topological polar surface area (TPSA) is 49.4 Å². The van der Waals surface area contributed by atoms with E-state index in [2.05, 4.69) is 24.4 Å². The molecule has 0 aromatic heterocycles. The molecule has 2 aliphatic heterocycles. The third-order valence-corrected chi connectivity index (χ3v) is 7.52. The SMILES string of the molecule is CC(=O)[C@]12[C@H](c3ccccc3)[C@@H]3CCN(C(=O)N[C@H]1c1ccccc1)[C@@]32C. The van der Waals surface area contributed by atoms with Gasteiger partial charge in [0.25, 0.3) is 0 Å². The maximum atomic E-state index is 13.4. The lowest BCUT2D eigenvalue weighted by atomic mass is 9.37. The zero-order valence-corrected chi connectivity index (χ0v) is 15.7. The first kappa shape index (κ1) is 16.5. The molecule has 2 heterocycles. The Morgan fingerprint density at radius 3 is 2.22 bits per heavy atom. The van der Waals surface area contributed by atoms with Crippen LogP contribution in [0.5, 0.6) is 0 Å². The van der Waals surface area contributed by atoms with E-state index in [1.807, 2.05) is 53.4 Å². The smallest absolute Gasteiger partial charge is 0.318 e. The highest BCUT2D eigenvalue weighted by Gasteiger charge is 2.81. The molecule has 0 spiro atoms. The van der Waals surface area contributed by atoms with E-state index in [4.69, 9.17) is 0 Å². The molecule has 138 valence electrons. The van der Waals surface area contributed by atoms with Crippen molar-refractivity contribution >= 4 is 11.8 Å². The minimum absolute atomic E-state index is 0.0442. The van der Waals surface area contributed by atoms with E-state index in [-0.39, 0.29) is 23.8 Å². The Bertz CT molecular complexity index is 912. The summed E-state index contributed by atoms with van der Waals surface area (Å²) in [5.41, 5.74) is 1.11. The van der Waals surface area contributed by atoms with Crippen molar-refractivity contribution < 1.29 is 9.59 Å². The number of amides is 2. The molecule has 5 rings (SSSR count). The second-order valence-electron chi connectivity index (χ2n) is 8.30. The number of hydrogen-bond donors (Lipinski definition) is 1. The van der Waals surface area contributed by atoms with Gasteiger partial charge in [0.15, 0.2) is 0 Å². The summed E-state index contributed by atoms with van der Waals surface area (Å²) in [6.07, 6.45) is 0.944. The van der Waals surface area contributed by atoms with Gasteiger partial charge in [0.05, 0.1) is 17.0 Å². The van der Waals surface area contributed by atoms with Gasteiger partial charge in [0, 0.05) is 12.5 Å². The molecular formula is C23H24N2O2. The molecule has 4 heteroatoms. The van der Waals surface area contributed by atoms with Crippen LogP contribution in [0, 0.1) is 11.3 Å². The van der Waals surface area contributed by atoms with Crippen LogP contribution in [-0.4, -0.2) is 28.8 Å². The number of hydrogen-bond acceptors (Lipinski definition) is 2. The van der Waals surface area contributed by atoms with Crippen LogP contribution >= 0.6 is 0 Å². The Balaban J connectivity index is 1.76. The molecule has 2 amide bonds. The number of ketones is 1. The predicted octanol–water partition coefficient (Wildman–Crippen LogP) is 3.90. The molecule has 1 saturated carbocycles. The van der Waals surface area contributed by atoms with Gasteiger partial charge in [-0.2, -0.15) is 0 Å². The van der Waals surface area contributed by atoms with Gasteiger partial charge in [0.1, 0.15) is 5.78 Å². The third-order valence-electron chi connectivity index (χ3n) is 7.52. The molecule has 27 heavy (non-hydrogen) atoms. The fourth-order valence-corrected chi connectivity index (χ4v) is 6.56. The Kier molecular flexibility index (Phi) is 3.34. The van der Waals surface area contributed by atoms with Gasteiger partial charge in [-0.1, -0.05) is 60.7 Å². The summed E-state index contributed by atoms with van der Waals surface area (Å²) >= 11 is 0. The quantitative estimate of drug-likeness (QED) is 0.902. The average molecular weight is 360 g/mol. The maximum Gasteiger partial charge on any atom is 0.318 e. The van der Waals surface area contributed by atoms with E-state index < -0.39 is 11.0 Å². The van der Waals surface area contributed by atoms with Crippen molar-refractivity contribution in [2.45, 2.75) is 37.8 Å². The molecule has 3 fully saturated rings. The van der Waals surface area contributed by atoms with Crippen LogP contribution in [0.3, 0.4) is 0 Å².